The Morgan fingerprint density at radius 1 is 1.56 bits per heavy atom. The molecule has 1 rings (SSSR count). The van der Waals surface area contributed by atoms with Gasteiger partial charge in [0.15, 0.2) is 0 Å². The summed E-state index contributed by atoms with van der Waals surface area (Å²) in [5, 5.41) is 11.8. The molecule has 16 heavy (non-hydrogen) atoms. The number of hydrogen-bond donors (Lipinski definition) is 2. The van der Waals surface area contributed by atoms with Gasteiger partial charge in [-0.1, -0.05) is 26.0 Å². The molecular formula is C12H19NO3. The molecule has 1 saturated carbocycles. The van der Waals surface area contributed by atoms with Gasteiger partial charge in [0.25, 0.3) is 0 Å². The van der Waals surface area contributed by atoms with Crippen LogP contribution >= 0.6 is 0 Å². The van der Waals surface area contributed by atoms with Crippen LogP contribution < -0.4 is 5.32 Å². The summed E-state index contributed by atoms with van der Waals surface area (Å²) >= 11 is 0. The minimum absolute atomic E-state index is 0.0638. The van der Waals surface area contributed by atoms with Crippen LogP contribution in [0.5, 0.6) is 0 Å². The molecule has 0 spiro atoms. The van der Waals surface area contributed by atoms with Gasteiger partial charge >= 0.3 is 5.97 Å². The fourth-order valence-corrected chi connectivity index (χ4v) is 1.87. The lowest BCUT2D eigenvalue weighted by Gasteiger charge is -2.14. The molecule has 2 atom stereocenters. The molecule has 1 fully saturated rings. The van der Waals surface area contributed by atoms with Crippen LogP contribution in [-0.4, -0.2) is 22.5 Å². The highest BCUT2D eigenvalue weighted by molar-refractivity contribution is 5.90. The van der Waals surface area contributed by atoms with Crippen LogP contribution in [0.2, 0.25) is 0 Å². The molecule has 2 unspecified atom stereocenters. The Labute approximate surface area is 95.7 Å². The molecule has 0 bridgehead atoms. The maximum atomic E-state index is 11.6. The summed E-state index contributed by atoms with van der Waals surface area (Å²) in [5.74, 6) is -0.937. The summed E-state index contributed by atoms with van der Waals surface area (Å²) in [5.41, 5.74) is -1.04. The number of rotatable bonds is 5. The first kappa shape index (κ1) is 12.7. The van der Waals surface area contributed by atoms with E-state index >= 15 is 0 Å². The zero-order chi connectivity index (χ0) is 12.3. The predicted octanol–water partition coefficient (Wildman–Crippen LogP) is 1.57. The van der Waals surface area contributed by atoms with E-state index in [9.17, 15) is 9.59 Å². The van der Waals surface area contributed by atoms with E-state index in [-0.39, 0.29) is 17.7 Å². The van der Waals surface area contributed by atoms with Gasteiger partial charge in [-0.05, 0) is 19.3 Å². The van der Waals surface area contributed by atoms with E-state index in [1.54, 1.807) is 0 Å². The number of hydrogen-bond acceptors (Lipinski definition) is 2. The summed E-state index contributed by atoms with van der Waals surface area (Å²) in [4.78, 5) is 22.7. The molecule has 0 aliphatic heterocycles. The fourth-order valence-electron chi connectivity index (χ4n) is 1.87. The van der Waals surface area contributed by atoms with Crippen LogP contribution in [0, 0.1) is 11.8 Å². The van der Waals surface area contributed by atoms with Gasteiger partial charge in [0.2, 0.25) is 5.91 Å². The van der Waals surface area contributed by atoms with Crippen LogP contribution in [0.15, 0.2) is 12.2 Å². The molecule has 4 heteroatoms. The number of nitrogens with one attached hydrogen (secondary N) is 1. The maximum Gasteiger partial charge on any atom is 0.330 e. The fraction of sp³-hybridized carbons (Fsp3) is 0.667. The normalized spacial score (nSPS) is 28.4. The third-order valence-corrected chi connectivity index (χ3v) is 2.78. The highest BCUT2D eigenvalue weighted by atomic mass is 16.4. The van der Waals surface area contributed by atoms with Gasteiger partial charge in [-0.15, -0.1) is 0 Å². The minimum Gasteiger partial charge on any atom is -0.479 e. The van der Waals surface area contributed by atoms with Gasteiger partial charge in [-0.3, -0.25) is 4.79 Å². The highest BCUT2D eigenvalue weighted by Gasteiger charge is 2.60. The van der Waals surface area contributed by atoms with E-state index in [0.29, 0.717) is 12.8 Å². The van der Waals surface area contributed by atoms with Gasteiger partial charge in [0.05, 0.1) is 0 Å². The summed E-state index contributed by atoms with van der Waals surface area (Å²) < 4.78 is 0. The molecule has 90 valence electrons. The maximum absolute atomic E-state index is 11.6. The summed E-state index contributed by atoms with van der Waals surface area (Å²) in [7, 11) is 0. The molecule has 1 aliphatic rings. The van der Waals surface area contributed by atoms with Crippen molar-refractivity contribution in [3.8, 4) is 0 Å². The van der Waals surface area contributed by atoms with Gasteiger partial charge in [-0.2, -0.15) is 0 Å². The van der Waals surface area contributed by atoms with Crippen molar-refractivity contribution in [1.29, 1.82) is 0 Å². The van der Waals surface area contributed by atoms with Crippen molar-refractivity contribution in [2.75, 3.05) is 0 Å². The van der Waals surface area contributed by atoms with Gasteiger partial charge in [0.1, 0.15) is 5.54 Å². The minimum atomic E-state index is -1.04. The van der Waals surface area contributed by atoms with Crippen LogP contribution in [0.1, 0.15) is 33.6 Å². The topological polar surface area (TPSA) is 66.4 Å². The standard InChI is InChI=1S/C12H19NO3/c1-4-5-9-7-12(9,11(15)16)13-10(14)6-8(2)3/h4-5,8-9H,6-7H2,1-3H3,(H,13,14)(H,15,16). The second-order valence-corrected chi connectivity index (χ2v) is 4.76. The Kier molecular flexibility index (Phi) is 3.73. The smallest absolute Gasteiger partial charge is 0.330 e. The highest BCUT2D eigenvalue weighted by Crippen LogP contribution is 2.44. The van der Waals surface area contributed by atoms with E-state index in [1.165, 1.54) is 0 Å². The number of amides is 1. The van der Waals surface area contributed by atoms with Crippen LogP contribution in [0.25, 0.3) is 0 Å². The average molecular weight is 225 g/mol. The Bertz CT molecular complexity index is 322. The molecular weight excluding hydrogens is 206 g/mol. The molecule has 0 radical (unpaired) electrons. The van der Waals surface area contributed by atoms with Crippen molar-refractivity contribution < 1.29 is 14.7 Å². The Hall–Kier alpha value is -1.32. The Balaban J connectivity index is 2.62. The molecule has 1 amide bonds. The second kappa shape index (κ2) is 4.68. The monoisotopic (exact) mass is 225 g/mol. The summed E-state index contributed by atoms with van der Waals surface area (Å²) in [6, 6.07) is 0. The average Bonchev–Trinajstić information content (AvgIpc) is 2.78. The molecule has 0 saturated heterocycles. The van der Waals surface area contributed by atoms with Gasteiger partial charge < -0.3 is 10.4 Å². The molecule has 2 N–H and O–H groups in total. The lowest BCUT2D eigenvalue weighted by molar-refractivity contribution is -0.143. The third kappa shape index (κ3) is 2.62. The molecule has 0 aromatic carbocycles. The van der Waals surface area contributed by atoms with E-state index in [4.69, 9.17) is 5.11 Å². The van der Waals surface area contributed by atoms with Crippen molar-refractivity contribution in [3.63, 3.8) is 0 Å². The zero-order valence-electron chi connectivity index (χ0n) is 9.99. The lowest BCUT2D eigenvalue weighted by Crippen LogP contribution is -2.45. The first-order valence-electron chi connectivity index (χ1n) is 5.59. The second-order valence-electron chi connectivity index (χ2n) is 4.76. The van der Waals surface area contributed by atoms with Gasteiger partial charge in [-0.25, -0.2) is 4.79 Å². The largest absolute Gasteiger partial charge is 0.479 e. The third-order valence-electron chi connectivity index (χ3n) is 2.78. The van der Waals surface area contributed by atoms with E-state index < -0.39 is 11.5 Å². The van der Waals surface area contributed by atoms with Crippen LogP contribution in [0.3, 0.4) is 0 Å². The van der Waals surface area contributed by atoms with E-state index in [0.717, 1.165) is 0 Å². The number of allylic oxidation sites excluding steroid dienone is 1. The molecule has 0 aromatic heterocycles. The zero-order valence-corrected chi connectivity index (χ0v) is 9.99. The summed E-state index contributed by atoms with van der Waals surface area (Å²) in [6.45, 7) is 5.72. The molecule has 4 nitrogen and oxygen atoms in total. The molecule has 0 heterocycles. The molecule has 1 aliphatic carbocycles. The lowest BCUT2D eigenvalue weighted by atomic mass is 10.1. The number of carboxylic acid groups (broad SMARTS) is 1. The van der Waals surface area contributed by atoms with Crippen molar-refractivity contribution >= 4 is 11.9 Å². The first-order chi connectivity index (χ1) is 7.42. The Morgan fingerprint density at radius 2 is 2.19 bits per heavy atom. The van der Waals surface area contributed by atoms with Crippen LogP contribution in [-0.2, 0) is 9.59 Å². The Morgan fingerprint density at radius 3 is 2.62 bits per heavy atom. The van der Waals surface area contributed by atoms with Crippen molar-refractivity contribution in [3.05, 3.63) is 12.2 Å². The van der Waals surface area contributed by atoms with Crippen molar-refractivity contribution in [2.24, 2.45) is 11.8 Å². The molecule has 0 aromatic rings. The number of carbonyl (C=O) groups is 2. The number of carbonyl (C=O) groups excluding carboxylic acids is 1. The summed E-state index contributed by atoms with van der Waals surface area (Å²) in [6.07, 6.45) is 4.53. The SMILES string of the molecule is CC=CC1CC1(NC(=O)CC(C)C)C(=O)O. The van der Waals surface area contributed by atoms with Gasteiger partial charge in [0, 0.05) is 12.3 Å². The van der Waals surface area contributed by atoms with E-state index in [1.807, 2.05) is 32.9 Å². The number of aliphatic carboxylic acids is 1. The first-order valence-corrected chi connectivity index (χ1v) is 5.59. The van der Waals surface area contributed by atoms with Crippen molar-refractivity contribution in [2.45, 2.75) is 39.2 Å². The van der Waals surface area contributed by atoms with Crippen molar-refractivity contribution in [1.82, 2.24) is 5.32 Å². The quantitative estimate of drug-likeness (QED) is 0.698. The van der Waals surface area contributed by atoms with E-state index in [2.05, 4.69) is 5.32 Å². The predicted molar refractivity (Wildman–Crippen MR) is 60.9 cm³/mol. The van der Waals surface area contributed by atoms with Crippen LogP contribution in [0.4, 0.5) is 0 Å². The number of carboxylic acids is 1.